The number of benzene rings is 2. The Morgan fingerprint density at radius 2 is 1.96 bits per heavy atom. The standard InChI is InChI=1S/C16H10Br2N4O2/c17-11-3-6-16(14(18)7-11)21-13(9-19)8-15(20-21)10-1-4-12(5-2-10)22(23)24/h1-7,13H,8H2/t13-/m0/s1. The summed E-state index contributed by atoms with van der Waals surface area (Å²) in [6.07, 6.45) is 0.455. The lowest BCUT2D eigenvalue weighted by Gasteiger charge is -2.19. The van der Waals surface area contributed by atoms with Crippen LogP contribution in [-0.4, -0.2) is 16.7 Å². The molecule has 3 rings (SSSR count). The van der Waals surface area contributed by atoms with Gasteiger partial charge in [-0.15, -0.1) is 0 Å². The van der Waals surface area contributed by atoms with Gasteiger partial charge in [0.15, 0.2) is 0 Å². The van der Waals surface area contributed by atoms with Crippen molar-refractivity contribution in [2.45, 2.75) is 12.5 Å². The lowest BCUT2D eigenvalue weighted by Crippen LogP contribution is -2.24. The molecule has 1 aliphatic rings. The number of hydrogen-bond donors (Lipinski definition) is 0. The molecule has 0 amide bonds. The maximum Gasteiger partial charge on any atom is 0.269 e. The van der Waals surface area contributed by atoms with E-state index in [2.05, 4.69) is 43.0 Å². The summed E-state index contributed by atoms with van der Waals surface area (Å²) in [7, 11) is 0. The van der Waals surface area contributed by atoms with Gasteiger partial charge in [0.05, 0.1) is 22.4 Å². The fraction of sp³-hybridized carbons (Fsp3) is 0.125. The van der Waals surface area contributed by atoms with Crippen LogP contribution in [0.15, 0.2) is 56.5 Å². The van der Waals surface area contributed by atoms with Gasteiger partial charge in [-0.05, 0) is 51.8 Å². The van der Waals surface area contributed by atoms with Crippen LogP contribution in [-0.2, 0) is 0 Å². The average Bonchev–Trinajstić information content (AvgIpc) is 2.99. The first-order valence-electron chi connectivity index (χ1n) is 6.96. The van der Waals surface area contributed by atoms with E-state index in [9.17, 15) is 15.4 Å². The molecule has 1 atom stereocenters. The van der Waals surface area contributed by atoms with Gasteiger partial charge in [0, 0.05) is 27.5 Å². The van der Waals surface area contributed by atoms with Gasteiger partial charge < -0.3 is 0 Å². The highest BCUT2D eigenvalue weighted by Crippen LogP contribution is 2.34. The van der Waals surface area contributed by atoms with E-state index in [1.165, 1.54) is 12.1 Å². The first-order valence-corrected chi connectivity index (χ1v) is 8.54. The van der Waals surface area contributed by atoms with Crippen LogP contribution in [0.2, 0.25) is 0 Å². The Morgan fingerprint density at radius 3 is 2.54 bits per heavy atom. The molecule has 6 nitrogen and oxygen atoms in total. The second-order valence-electron chi connectivity index (χ2n) is 5.14. The van der Waals surface area contributed by atoms with Crippen molar-refractivity contribution in [1.82, 2.24) is 0 Å². The molecule has 0 fully saturated rings. The zero-order valence-electron chi connectivity index (χ0n) is 12.2. The maximum absolute atomic E-state index is 10.7. The van der Waals surface area contributed by atoms with Gasteiger partial charge in [-0.25, -0.2) is 5.01 Å². The normalized spacial score (nSPS) is 16.6. The maximum atomic E-state index is 10.7. The van der Waals surface area contributed by atoms with Gasteiger partial charge in [-0.3, -0.25) is 10.1 Å². The second kappa shape index (κ2) is 6.71. The predicted octanol–water partition coefficient (Wildman–Crippen LogP) is 4.63. The number of anilines is 1. The minimum absolute atomic E-state index is 0.0293. The molecule has 1 heterocycles. The highest BCUT2D eigenvalue weighted by Gasteiger charge is 2.29. The predicted molar refractivity (Wildman–Crippen MR) is 98.0 cm³/mol. The zero-order valence-corrected chi connectivity index (χ0v) is 15.4. The molecule has 0 radical (unpaired) electrons. The molecule has 0 aliphatic carbocycles. The van der Waals surface area contributed by atoms with E-state index < -0.39 is 11.0 Å². The molecule has 120 valence electrons. The van der Waals surface area contributed by atoms with Crippen LogP contribution in [0.25, 0.3) is 0 Å². The molecule has 0 saturated heterocycles. The lowest BCUT2D eigenvalue weighted by molar-refractivity contribution is -0.384. The topological polar surface area (TPSA) is 82.5 Å². The van der Waals surface area contributed by atoms with E-state index in [4.69, 9.17) is 0 Å². The Bertz CT molecular complexity index is 875. The molecule has 8 heteroatoms. The van der Waals surface area contributed by atoms with Crippen molar-refractivity contribution in [3.63, 3.8) is 0 Å². The van der Waals surface area contributed by atoms with Crippen LogP contribution in [0.1, 0.15) is 12.0 Å². The second-order valence-corrected chi connectivity index (χ2v) is 6.91. The van der Waals surface area contributed by atoms with Gasteiger partial charge in [-0.2, -0.15) is 10.4 Å². The van der Waals surface area contributed by atoms with Crippen molar-refractivity contribution in [3.05, 3.63) is 67.1 Å². The average molecular weight is 450 g/mol. The minimum atomic E-state index is -0.441. The quantitative estimate of drug-likeness (QED) is 0.505. The third-order valence-electron chi connectivity index (χ3n) is 3.63. The van der Waals surface area contributed by atoms with E-state index in [0.29, 0.717) is 6.42 Å². The molecule has 0 unspecified atom stereocenters. The first kappa shape index (κ1) is 16.6. The molecule has 0 saturated carbocycles. The molecular weight excluding hydrogens is 440 g/mol. The summed E-state index contributed by atoms with van der Waals surface area (Å²) in [5.41, 5.74) is 2.33. The largest absolute Gasteiger partial charge is 0.269 e. The summed E-state index contributed by atoms with van der Waals surface area (Å²) in [4.78, 5) is 10.3. The van der Waals surface area contributed by atoms with Gasteiger partial charge >= 0.3 is 0 Å². The number of rotatable bonds is 3. The van der Waals surface area contributed by atoms with Crippen molar-refractivity contribution in [2.24, 2.45) is 5.10 Å². The summed E-state index contributed by atoms with van der Waals surface area (Å²) in [5, 5.41) is 26.4. The van der Waals surface area contributed by atoms with Crippen molar-refractivity contribution >= 4 is 48.9 Å². The Labute approximate surface area is 154 Å². The highest BCUT2D eigenvalue weighted by atomic mass is 79.9. The number of nitro benzene ring substituents is 1. The Morgan fingerprint density at radius 1 is 1.25 bits per heavy atom. The van der Waals surface area contributed by atoms with Gasteiger partial charge in [-0.1, -0.05) is 15.9 Å². The van der Waals surface area contributed by atoms with E-state index in [0.717, 1.165) is 25.9 Å². The summed E-state index contributed by atoms with van der Waals surface area (Å²) >= 11 is 6.89. The number of hydrazone groups is 1. The Hall–Kier alpha value is -2.24. The van der Waals surface area contributed by atoms with Gasteiger partial charge in [0.1, 0.15) is 6.04 Å². The summed E-state index contributed by atoms with van der Waals surface area (Å²) in [5.74, 6) is 0. The van der Waals surface area contributed by atoms with Crippen LogP contribution >= 0.6 is 31.9 Å². The molecule has 0 bridgehead atoms. The molecule has 1 aliphatic heterocycles. The third-order valence-corrected chi connectivity index (χ3v) is 4.76. The first-order chi connectivity index (χ1) is 11.5. The Balaban J connectivity index is 1.96. The molecule has 2 aromatic rings. The summed E-state index contributed by atoms with van der Waals surface area (Å²) in [6, 6.07) is 13.7. The summed E-state index contributed by atoms with van der Waals surface area (Å²) in [6.45, 7) is 0. The van der Waals surface area contributed by atoms with E-state index >= 15 is 0 Å². The highest BCUT2D eigenvalue weighted by molar-refractivity contribution is 9.11. The zero-order chi connectivity index (χ0) is 17.3. The van der Waals surface area contributed by atoms with E-state index in [1.807, 2.05) is 18.2 Å². The SMILES string of the molecule is N#C[C@@H]1CC(c2ccc([N+](=O)[O-])cc2)=NN1c1ccc(Br)cc1Br. The van der Waals surface area contributed by atoms with Crippen LogP contribution in [0, 0.1) is 21.4 Å². The lowest BCUT2D eigenvalue weighted by atomic mass is 10.0. The molecule has 0 aromatic heterocycles. The number of hydrogen-bond acceptors (Lipinski definition) is 5. The number of non-ortho nitro benzene ring substituents is 1. The van der Waals surface area contributed by atoms with Crippen LogP contribution < -0.4 is 5.01 Å². The van der Waals surface area contributed by atoms with Crippen LogP contribution in [0.4, 0.5) is 11.4 Å². The van der Waals surface area contributed by atoms with Crippen molar-refractivity contribution in [3.8, 4) is 6.07 Å². The Kier molecular flexibility index (Phi) is 4.64. The van der Waals surface area contributed by atoms with Crippen LogP contribution in [0.3, 0.4) is 0 Å². The molecule has 24 heavy (non-hydrogen) atoms. The molecule has 0 N–H and O–H groups in total. The number of nitriles is 1. The van der Waals surface area contributed by atoms with E-state index in [-0.39, 0.29) is 5.69 Å². The van der Waals surface area contributed by atoms with Crippen molar-refractivity contribution < 1.29 is 4.92 Å². The molecule has 0 spiro atoms. The van der Waals surface area contributed by atoms with Gasteiger partial charge in [0.25, 0.3) is 5.69 Å². The number of halogens is 2. The number of nitrogens with zero attached hydrogens (tertiary/aromatic N) is 4. The van der Waals surface area contributed by atoms with Gasteiger partial charge in [0.2, 0.25) is 0 Å². The fourth-order valence-electron chi connectivity index (χ4n) is 2.45. The molecular formula is C16H10Br2N4O2. The smallest absolute Gasteiger partial charge is 0.258 e. The van der Waals surface area contributed by atoms with Crippen LogP contribution in [0.5, 0.6) is 0 Å². The fourth-order valence-corrected chi connectivity index (χ4v) is 3.68. The summed E-state index contributed by atoms with van der Waals surface area (Å²) < 4.78 is 1.75. The monoisotopic (exact) mass is 448 g/mol. The minimum Gasteiger partial charge on any atom is -0.258 e. The van der Waals surface area contributed by atoms with Crippen molar-refractivity contribution in [1.29, 1.82) is 5.26 Å². The van der Waals surface area contributed by atoms with E-state index in [1.54, 1.807) is 17.1 Å². The van der Waals surface area contributed by atoms with Crippen molar-refractivity contribution in [2.75, 3.05) is 5.01 Å². The third kappa shape index (κ3) is 3.18. The molecule has 2 aromatic carbocycles. The number of nitro groups is 1.